The lowest BCUT2D eigenvalue weighted by Crippen LogP contribution is -2.39. The normalized spacial score (nSPS) is 15.5. The smallest absolute Gasteiger partial charge is 0.338 e. The first-order valence-electron chi connectivity index (χ1n) is 11.9. The Bertz CT molecular complexity index is 1720. The second-order valence-electron chi connectivity index (χ2n) is 8.87. The highest BCUT2D eigenvalue weighted by Gasteiger charge is 2.33. The molecule has 0 spiro atoms. The topological polar surface area (TPSA) is 73.8 Å². The molecule has 0 unspecified atom stereocenters. The third-order valence-electron chi connectivity index (χ3n) is 6.28. The number of aromatic nitrogens is 1. The fraction of sp³-hybridized carbons (Fsp3) is 0.207. The maximum absolute atomic E-state index is 13.7. The molecule has 1 atom stereocenters. The molecular weight excluding hydrogens is 508 g/mol. The van der Waals surface area contributed by atoms with E-state index in [4.69, 9.17) is 20.8 Å². The Morgan fingerprint density at radius 3 is 2.62 bits per heavy atom. The van der Waals surface area contributed by atoms with Crippen molar-refractivity contribution in [3.63, 3.8) is 0 Å². The Labute approximate surface area is 222 Å². The maximum Gasteiger partial charge on any atom is 0.338 e. The Morgan fingerprint density at radius 1 is 1.14 bits per heavy atom. The number of ether oxygens (including phenoxy) is 1. The number of thiazole rings is 1. The van der Waals surface area contributed by atoms with Gasteiger partial charge in [0.25, 0.3) is 5.56 Å². The minimum atomic E-state index is -0.640. The summed E-state index contributed by atoms with van der Waals surface area (Å²) in [6.07, 6.45) is 1.71. The minimum absolute atomic E-state index is 0.230. The summed E-state index contributed by atoms with van der Waals surface area (Å²) in [6, 6.07) is 16.5. The van der Waals surface area contributed by atoms with Gasteiger partial charge in [-0.05, 0) is 63.1 Å². The van der Waals surface area contributed by atoms with Crippen LogP contribution in [0.25, 0.3) is 17.4 Å². The standard InChI is InChI=1S/C29H25ClN2O4S/c1-5-35-28(34)25-18(4)31-29-32(26(25)19-9-6-16(2)7-10-19)27(33)24(37-29)15-21-12-13-23(36-21)22-14-20(30)11-8-17(22)3/h6-15,26H,5H2,1-4H3/b24-15-/t26-/m1/s1. The predicted octanol–water partition coefficient (Wildman–Crippen LogP) is 5.33. The van der Waals surface area contributed by atoms with Crippen LogP contribution in [-0.2, 0) is 9.53 Å². The number of carbonyl (C=O) groups is 1. The number of aryl methyl sites for hydroxylation is 2. The number of rotatable bonds is 5. The van der Waals surface area contributed by atoms with Crippen molar-refractivity contribution >= 4 is 35.0 Å². The van der Waals surface area contributed by atoms with E-state index in [1.807, 2.05) is 68.4 Å². The fourth-order valence-corrected chi connectivity index (χ4v) is 5.62. The molecule has 0 N–H and O–H groups in total. The molecule has 2 aromatic carbocycles. The van der Waals surface area contributed by atoms with Crippen molar-refractivity contribution in [1.29, 1.82) is 0 Å². The Hall–Kier alpha value is -3.68. The largest absolute Gasteiger partial charge is 0.463 e. The van der Waals surface area contributed by atoms with Gasteiger partial charge in [0.15, 0.2) is 4.80 Å². The van der Waals surface area contributed by atoms with Crippen molar-refractivity contribution in [1.82, 2.24) is 4.57 Å². The van der Waals surface area contributed by atoms with Crippen LogP contribution in [0, 0.1) is 13.8 Å². The molecule has 8 heteroatoms. The lowest BCUT2D eigenvalue weighted by molar-refractivity contribution is -0.139. The molecule has 2 aromatic heterocycles. The summed E-state index contributed by atoms with van der Waals surface area (Å²) in [5, 5.41) is 0.621. The molecular formula is C29H25ClN2O4S. The van der Waals surface area contributed by atoms with Crippen LogP contribution in [0.2, 0.25) is 5.02 Å². The number of benzene rings is 2. The highest BCUT2D eigenvalue weighted by molar-refractivity contribution is 7.07. The van der Waals surface area contributed by atoms with E-state index >= 15 is 0 Å². The SMILES string of the molecule is CCOC(=O)C1=C(C)N=c2s/c(=C\c3ccc(-c4cc(Cl)ccc4C)o3)c(=O)n2[C@@H]1c1ccc(C)cc1. The molecule has 0 saturated carbocycles. The van der Waals surface area contributed by atoms with Gasteiger partial charge in [-0.25, -0.2) is 9.79 Å². The first kappa shape index (κ1) is 25.0. The number of hydrogen-bond donors (Lipinski definition) is 0. The summed E-state index contributed by atoms with van der Waals surface area (Å²) in [6.45, 7) is 7.74. The molecule has 0 amide bonds. The van der Waals surface area contributed by atoms with Gasteiger partial charge in [-0.1, -0.05) is 58.8 Å². The van der Waals surface area contributed by atoms with Gasteiger partial charge >= 0.3 is 5.97 Å². The van der Waals surface area contributed by atoms with Gasteiger partial charge in [-0.2, -0.15) is 0 Å². The molecule has 0 fully saturated rings. The summed E-state index contributed by atoms with van der Waals surface area (Å²) in [4.78, 5) is 31.8. The van der Waals surface area contributed by atoms with Gasteiger partial charge in [0.1, 0.15) is 11.5 Å². The summed E-state index contributed by atoms with van der Waals surface area (Å²) in [7, 11) is 0. The summed E-state index contributed by atoms with van der Waals surface area (Å²) >= 11 is 7.44. The van der Waals surface area contributed by atoms with Crippen LogP contribution in [0.3, 0.4) is 0 Å². The zero-order valence-electron chi connectivity index (χ0n) is 20.9. The van der Waals surface area contributed by atoms with Crippen molar-refractivity contribution in [2.45, 2.75) is 33.7 Å². The second kappa shape index (κ2) is 10.00. The number of carbonyl (C=O) groups excluding carboxylic acids is 1. The van der Waals surface area contributed by atoms with E-state index in [9.17, 15) is 9.59 Å². The number of halogens is 1. The minimum Gasteiger partial charge on any atom is -0.463 e. The molecule has 4 aromatic rings. The zero-order valence-corrected chi connectivity index (χ0v) is 22.4. The van der Waals surface area contributed by atoms with Gasteiger partial charge in [0, 0.05) is 16.7 Å². The zero-order chi connectivity index (χ0) is 26.3. The number of furan rings is 1. The number of hydrogen-bond acceptors (Lipinski definition) is 6. The Morgan fingerprint density at radius 2 is 1.89 bits per heavy atom. The lowest BCUT2D eigenvalue weighted by atomic mass is 9.95. The summed E-state index contributed by atoms with van der Waals surface area (Å²) in [5.41, 5.74) is 4.47. The van der Waals surface area contributed by atoms with Crippen LogP contribution < -0.4 is 14.9 Å². The van der Waals surface area contributed by atoms with E-state index < -0.39 is 12.0 Å². The molecule has 0 bridgehead atoms. The first-order chi connectivity index (χ1) is 17.8. The third kappa shape index (κ3) is 4.72. The van der Waals surface area contributed by atoms with Gasteiger partial charge in [-0.15, -0.1) is 0 Å². The van der Waals surface area contributed by atoms with Crippen LogP contribution in [0.4, 0.5) is 0 Å². The summed E-state index contributed by atoms with van der Waals surface area (Å²) < 4.78 is 13.4. The van der Waals surface area contributed by atoms with Gasteiger partial charge < -0.3 is 9.15 Å². The number of esters is 1. The van der Waals surface area contributed by atoms with E-state index in [2.05, 4.69) is 4.99 Å². The van der Waals surface area contributed by atoms with Crippen LogP contribution >= 0.6 is 22.9 Å². The van der Waals surface area contributed by atoms with Crippen molar-refractivity contribution in [2.24, 2.45) is 4.99 Å². The molecule has 0 radical (unpaired) electrons. The van der Waals surface area contributed by atoms with Crippen LogP contribution in [0.15, 0.2) is 80.1 Å². The maximum atomic E-state index is 13.7. The Kier molecular flexibility index (Phi) is 6.75. The van der Waals surface area contributed by atoms with E-state index in [1.54, 1.807) is 24.5 Å². The first-order valence-corrected chi connectivity index (χ1v) is 13.1. The highest BCUT2D eigenvalue weighted by atomic mass is 35.5. The third-order valence-corrected chi connectivity index (χ3v) is 7.49. The monoisotopic (exact) mass is 532 g/mol. The molecule has 1 aliphatic rings. The molecule has 0 saturated heterocycles. The molecule has 3 heterocycles. The Balaban J connectivity index is 1.64. The van der Waals surface area contributed by atoms with Crippen molar-refractivity contribution in [2.75, 3.05) is 6.61 Å². The van der Waals surface area contributed by atoms with E-state index in [0.717, 1.165) is 22.3 Å². The lowest BCUT2D eigenvalue weighted by Gasteiger charge is -2.24. The van der Waals surface area contributed by atoms with Crippen molar-refractivity contribution in [3.05, 3.63) is 113 Å². The van der Waals surface area contributed by atoms with Crippen molar-refractivity contribution in [3.8, 4) is 11.3 Å². The molecule has 37 heavy (non-hydrogen) atoms. The molecule has 0 aliphatic carbocycles. The average Bonchev–Trinajstić information content (AvgIpc) is 3.45. The van der Waals surface area contributed by atoms with Crippen molar-refractivity contribution < 1.29 is 13.9 Å². The second-order valence-corrected chi connectivity index (χ2v) is 10.3. The predicted molar refractivity (Wildman–Crippen MR) is 145 cm³/mol. The summed E-state index contributed by atoms with van der Waals surface area (Å²) in [5.74, 6) is 0.723. The van der Waals surface area contributed by atoms with E-state index in [-0.39, 0.29) is 12.2 Å². The molecule has 5 rings (SSSR count). The molecule has 6 nitrogen and oxygen atoms in total. The van der Waals surface area contributed by atoms with Gasteiger partial charge in [-0.3, -0.25) is 9.36 Å². The van der Waals surface area contributed by atoms with Gasteiger partial charge in [0.05, 0.1) is 28.5 Å². The highest BCUT2D eigenvalue weighted by Crippen LogP contribution is 2.31. The molecule has 1 aliphatic heterocycles. The quantitative estimate of drug-likeness (QED) is 0.326. The van der Waals surface area contributed by atoms with Crippen LogP contribution in [0.5, 0.6) is 0 Å². The fourth-order valence-electron chi connectivity index (χ4n) is 4.42. The van der Waals surface area contributed by atoms with Gasteiger partial charge in [0.2, 0.25) is 0 Å². The molecule has 188 valence electrons. The van der Waals surface area contributed by atoms with E-state index in [1.165, 1.54) is 11.3 Å². The number of nitrogens with zero attached hydrogens (tertiary/aromatic N) is 2. The van der Waals surface area contributed by atoms with Crippen LogP contribution in [0.1, 0.15) is 42.3 Å². The number of fused-ring (bicyclic) bond motifs is 1. The van der Waals surface area contributed by atoms with E-state index in [0.29, 0.717) is 37.1 Å². The van der Waals surface area contributed by atoms with Crippen LogP contribution in [-0.4, -0.2) is 17.1 Å². The average molecular weight is 533 g/mol. The number of allylic oxidation sites excluding steroid dienone is 1.